The minimum atomic E-state index is -0.906. The molecule has 4 aromatic rings. The monoisotopic (exact) mass is 510 g/mol. The van der Waals surface area contributed by atoms with Crippen molar-refractivity contribution >= 4 is 23.2 Å². The van der Waals surface area contributed by atoms with Crippen LogP contribution in [0.15, 0.2) is 36.8 Å². The molecule has 0 saturated carbocycles. The molecule has 0 aliphatic carbocycles. The number of carbonyl (C=O) groups is 1. The first-order chi connectivity index (χ1) is 17.6. The number of nitrogens with zero attached hydrogens (tertiary/aromatic N) is 6. The summed E-state index contributed by atoms with van der Waals surface area (Å²) in [7, 11) is 0. The Kier molecular flexibility index (Phi) is 5.13. The highest BCUT2D eigenvalue weighted by Gasteiger charge is 2.38. The number of aryl methyl sites for hydroxylation is 1. The van der Waals surface area contributed by atoms with Crippen LogP contribution in [0.5, 0.6) is 5.75 Å². The van der Waals surface area contributed by atoms with Gasteiger partial charge in [-0.25, -0.2) is 28.1 Å². The summed E-state index contributed by atoms with van der Waals surface area (Å²) >= 11 is 0. The smallest absolute Gasteiger partial charge is 0.265 e. The van der Waals surface area contributed by atoms with Crippen LogP contribution in [0.25, 0.3) is 16.8 Å². The molecule has 0 bridgehead atoms. The van der Waals surface area contributed by atoms with Gasteiger partial charge in [0.15, 0.2) is 18.2 Å². The second-order valence-corrected chi connectivity index (χ2v) is 9.54. The average Bonchev–Trinajstić information content (AvgIpc) is 3.12. The SMILES string of the molecule is Cc1nc2cc(F)c(-c3cnc(N4CC(C)(O)C4)nc3)cn2c1CN1C(=O)COc2c(F)cc(F)cc21. The van der Waals surface area contributed by atoms with E-state index in [1.54, 1.807) is 18.2 Å². The highest BCUT2D eigenvalue weighted by molar-refractivity contribution is 5.97. The summed E-state index contributed by atoms with van der Waals surface area (Å²) in [5.74, 6) is -2.55. The maximum Gasteiger partial charge on any atom is 0.265 e. The summed E-state index contributed by atoms with van der Waals surface area (Å²) in [6, 6.07) is 3.00. The van der Waals surface area contributed by atoms with Crippen molar-refractivity contribution in [3.63, 3.8) is 0 Å². The Bertz CT molecular complexity index is 1560. The number of carbonyl (C=O) groups excluding carboxylic acids is 1. The molecule has 1 N–H and O–H groups in total. The first-order valence-corrected chi connectivity index (χ1v) is 11.5. The lowest BCUT2D eigenvalue weighted by Gasteiger charge is -2.44. The van der Waals surface area contributed by atoms with E-state index in [9.17, 15) is 18.7 Å². The number of rotatable bonds is 4. The minimum absolute atomic E-state index is 0.0283. The number of benzene rings is 1. The second kappa shape index (κ2) is 8.17. The highest BCUT2D eigenvalue weighted by Crippen LogP contribution is 2.37. The van der Waals surface area contributed by atoms with Crippen molar-refractivity contribution in [3.8, 4) is 16.9 Å². The van der Waals surface area contributed by atoms with Gasteiger partial charge >= 0.3 is 0 Å². The fourth-order valence-electron chi connectivity index (χ4n) is 4.73. The Balaban J connectivity index is 1.37. The predicted octanol–water partition coefficient (Wildman–Crippen LogP) is 3.01. The van der Waals surface area contributed by atoms with Gasteiger partial charge in [-0.3, -0.25) is 9.69 Å². The number of hydrogen-bond donors (Lipinski definition) is 1. The van der Waals surface area contributed by atoms with E-state index < -0.39 is 35.6 Å². The van der Waals surface area contributed by atoms with E-state index in [0.29, 0.717) is 47.7 Å². The maximum atomic E-state index is 15.1. The average molecular weight is 510 g/mol. The van der Waals surface area contributed by atoms with Crippen LogP contribution >= 0.6 is 0 Å². The lowest BCUT2D eigenvalue weighted by molar-refractivity contribution is -0.121. The van der Waals surface area contributed by atoms with Gasteiger partial charge in [-0.15, -0.1) is 0 Å². The number of halogens is 3. The summed E-state index contributed by atoms with van der Waals surface area (Å²) in [5.41, 5.74) is 1.17. The number of imidazole rings is 1. The minimum Gasteiger partial charge on any atom is -0.478 e. The molecule has 0 spiro atoms. The number of aliphatic hydroxyl groups is 1. The van der Waals surface area contributed by atoms with Gasteiger partial charge in [0.2, 0.25) is 5.95 Å². The number of ether oxygens (including phenoxy) is 1. The second-order valence-electron chi connectivity index (χ2n) is 9.54. The number of β-amino-alcohol motifs (C(OH)–C–C–N with tert-alkyl or cyclic N) is 1. The highest BCUT2D eigenvalue weighted by atomic mass is 19.1. The van der Waals surface area contributed by atoms with Crippen molar-refractivity contribution in [2.75, 3.05) is 29.5 Å². The summed E-state index contributed by atoms with van der Waals surface area (Å²) in [6.07, 6.45) is 4.53. The predicted molar refractivity (Wildman–Crippen MR) is 127 cm³/mol. The van der Waals surface area contributed by atoms with Crippen LogP contribution in [0.3, 0.4) is 0 Å². The molecule has 0 radical (unpaired) electrons. The lowest BCUT2D eigenvalue weighted by Crippen LogP contribution is -2.60. The number of amides is 1. The van der Waals surface area contributed by atoms with Crippen LogP contribution in [0.2, 0.25) is 0 Å². The number of aromatic nitrogens is 4. The molecule has 9 nitrogen and oxygen atoms in total. The standard InChI is InChI=1S/C25H21F3N6O3/c1-13-20(9-34-19-4-15(26)3-18(28)23(19)37-10-22(34)35)33-8-16(17(27)5-21(33)31-13)14-6-29-24(30-7-14)32-11-25(2,36)12-32/h3-8,36H,9-12H2,1-2H3. The zero-order valence-corrected chi connectivity index (χ0v) is 19.9. The summed E-state index contributed by atoms with van der Waals surface area (Å²) in [6.45, 7) is 3.77. The molecular weight excluding hydrogens is 489 g/mol. The molecule has 12 heteroatoms. The van der Waals surface area contributed by atoms with Crippen LogP contribution in [0, 0.1) is 24.4 Å². The summed E-state index contributed by atoms with van der Waals surface area (Å²) in [5, 5.41) is 9.93. The van der Waals surface area contributed by atoms with Gasteiger partial charge in [-0.2, -0.15) is 0 Å². The number of pyridine rings is 1. The van der Waals surface area contributed by atoms with Gasteiger partial charge < -0.3 is 19.1 Å². The Morgan fingerprint density at radius 2 is 1.84 bits per heavy atom. The molecule has 0 atom stereocenters. The molecule has 5 heterocycles. The number of anilines is 2. The van der Waals surface area contributed by atoms with Gasteiger partial charge in [0.25, 0.3) is 5.91 Å². The van der Waals surface area contributed by atoms with E-state index in [1.807, 2.05) is 4.90 Å². The molecular formula is C25H21F3N6O3. The Morgan fingerprint density at radius 3 is 2.54 bits per heavy atom. The topological polar surface area (TPSA) is 96.1 Å². The van der Waals surface area contributed by atoms with E-state index in [0.717, 1.165) is 6.07 Å². The zero-order chi connectivity index (χ0) is 26.1. The van der Waals surface area contributed by atoms with Crippen molar-refractivity contribution in [3.05, 3.63) is 65.6 Å². The van der Waals surface area contributed by atoms with Crippen LogP contribution in [-0.2, 0) is 11.3 Å². The molecule has 1 amide bonds. The van der Waals surface area contributed by atoms with Crippen LogP contribution < -0.4 is 14.5 Å². The summed E-state index contributed by atoms with van der Waals surface area (Å²) < 4.78 is 50.2. The van der Waals surface area contributed by atoms with Crippen molar-refractivity contribution in [1.29, 1.82) is 0 Å². The normalized spacial score (nSPS) is 16.5. The van der Waals surface area contributed by atoms with Gasteiger partial charge in [0.1, 0.15) is 17.3 Å². The third-order valence-corrected chi connectivity index (χ3v) is 6.53. The molecule has 3 aromatic heterocycles. The Labute approximate surface area is 208 Å². The first-order valence-electron chi connectivity index (χ1n) is 11.5. The molecule has 2 aliphatic heterocycles. The van der Waals surface area contributed by atoms with Crippen LogP contribution in [-0.4, -0.2) is 55.7 Å². The van der Waals surface area contributed by atoms with Crippen LogP contribution in [0.4, 0.5) is 24.8 Å². The van der Waals surface area contributed by atoms with Gasteiger partial charge in [-0.1, -0.05) is 0 Å². The van der Waals surface area contributed by atoms with E-state index in [-0.39, 0.29) is 23.5 Å². The largest absolute Gasteiger partial charge is 0.478 e. The zero-order valence-electron chi connectivity index (χ0n) is 19.9. The van der Waals surface area contributed by atoms with Crippen molar-refractivity contribution in [2.24, 2.45) is 0 Å². The third-order valence-electron chi connectivity index (χ3n) is 6.53. The molecule has 6 rings (SSSR count). The van der Waals surface area contributed by atoms with Crippen molar-refractivity contribution in [1.82, 2.24) is 19.4 Å². The maximum absolute atomic E-state index is 15.1. The lowest BCUT2D eigenvalue weighted by atomic mass is 9.98. The van der Waals surface area contributed by atoms with E-state index in [4.69, 9.17) is 4.74 Å². The molecule has 190 valence electrons. The van der Waals surface area contributed by atoms with E-state index >= 15 is 4.39 Å². The summed E-state index contributed by atoms with van der Waals surface area (Å²) in [4.78, 5) is 28.7. The van der Waals surface area contributed by atoms with Gasteiger partial charge in [-0.05, 0) is 13.8 Å². The van der Waals surface area contributed by atoms with E-state index in [1.165, 1.54) is 29.6 Å². The molecule has 2 aliphatic rings. The number of hydrogen-bond acceptors (Lipinski definition) is 7. The van der Waals surface area contributed by atoms with E-state index in [2.05, 4.69) is 15.0 Å². The number of fused-ring (bicyclic) bond motifs is 2. The van der Waals surface area contributed by atoms with Crippen molar-refractivity contribution < 1.29 is 27.8 Å². The fraction of sp³-hybridized carbons (Fsp3) is 0.280. The molecule has 1 saturated heterocycles. The fourth-order valence-corrected chi connectivity index (χ4v) is 4.73. The Morgan fingerprint density at radius 1 is 1.11 bits per heavy atom. The van der Waals surface area contributed by atoms with Gasteiger partial charge in [0, 0.05) is 47.9 Å². The molecule has 0 unspecified atom stereocenters. The Hall–Kier alpha value is -4.19. The third kappa shape index (κ3) is 3.93. The first kappa shape index (κ1) is 23.2. The quantitative estimate of drug-likeness (QED) is 0.451. The molecule has 37 heavy (non-hydrogen) atoms. The van der Waals surface area contributed by atoms with Crippen molar-refractivity contribution in [2.45, 2.75) is 26.0 Å². The molecule has 1 aromatic carbocycles. The molecule has 1 fully saturated rings. The van der Waals surface area contributed by atoms with Crippen LogP contribution in [0.1, 0.15) is 18.3 Å². The van der Waals surface area contributed by atoms with Gasteiger partial charge in [0.05, 0.1) is 42.3 Å².